The first-order valence-corrected chi connectivity index (χ1v) is 11.3. The fourth-order valence-corrected chi connectivity index (χ4v) is 4.51. The molecular formula is C21H24N4O3S. The van der Waals surface area contributed by atoms with E-state index >= 15 is 0 Å². The highest BCUT2D eigenvalue weighted by Gasteiger charge is 2.28. The van der Waals surface area contributed by atoms with Crippen LogP contribution in [0.4, 0.5) is 0 Å². The Balaban J connectivity index is 1.35. The summed E-state index contributed by atoms with van der Waals surface area (Å²) in [5.41, 5.74) is 3.05. The number of amides is 1. The average molecular weight is 413 g/mol. The fraction of sp³-hybridized carbons (Fsp3) is 0.333. The first kappa shape index (κ1) is 19.6. The van der Waals surface area contributed by atoms with Crippen LogP contribution in [-0.2, 0) is 16.4 Å². The molecular weight excluding hydrogens is 388 g/mol. The molecule has 1 amide bonds. The van der Waals surface area contributed by atoms with Gasteiger partial charge < -0.3 is 10.3 Å². The lowest BCUT2D eigenvalue weighted by Crippen LogP contribution is -2.28. The zero-order valence-electron chi connectivity index (χ0n) is 16.2. The molecule has 1 saturated carbocycles. The first-order chi connectivity index (χ1) is 13.9. The lowest BCUT2D eigenvalue weighted by atomic mass is 10.1. The van der Waals surface area contributed by atoms with Crippen molar-refractivity contribution < 1.29 is 13.2 Å². The minimum absolute atomic E-state index is 0.0248. The number of fused-ring (bicyclic) bond motifs is 1. The SMILES string of the molecule is Cc1ccc(S(=O)(=O)NC2CC2)cc1C(=O)NCCCc1nc2ccccc2[nH]1. The fourth-order valence-electron chi connectivity index (χ4n) is 3.18. The Morgan fingerprint density at radius 3 is 2.76 bits per heavy atom. The van der Waals surface area contributed by atoms with Gasteiger partial charge in [-0.1, -0.05) is 18.2 Å². The van der Waals surface area contributed by atoms with E-state index in [0.29, 0.717) is 18.5 Å². The maximum atomic E-state index is 12.6. The van der Waals surface area contributed by atoms with Crippen molar-refractivity contribution in [3.05, 3.63) is 59.4 Å². The van der Waals surface area contributed by atoms with E-state index in [2.05, 4.69) is 20.0 Å². The number of rotatable bonds is 8. The molecule has 152 valence electrons. The van der Waals surface area contributed by atoms with Crippen LogP contribution in [0.2, 0.25) is 0 Å². The van der Waals surface area contributed by atoms with Crippen LogP contribution in [0.1, 0.15) is 41.0 Å². The smallest absolute Gasteiger partial charge is 0.251 e. The zero-order valence-corrected chi connectivity index (χ0v) is 17.1. The van der Waals surface area contributed by atoms with Crippen molar-refractivity contribution in [1.29, 1.82) is 0 Å². The summed E-state index contributed by atoms with van der Waals surface area (Å²) in [7, 11) is -3.59. The van der Waals surface area contributed by atoms with Gasteiger partial charge in [-0.05, 0) is 56.0 Å². The zero-order chi connectivity index (χ0) is 20.4. The number of hydrogen-bond acceptors (Lipinski definition) is 4. The second-order valence-electron chi connectivity index (χ2n) is 7.43. The van der Waals surface area contributed by atoms with E-state index in [1.54, 1.807) is 19.1 Å². The summed E-state index contributed by atoms with van der Waals surface area (Å²) >= 11 is 0. The van der Waals surface area contributed by atoms with E-state index < -0.39 is 10.0 Å². The molecule has 7 nitrogen and oxygen atoms in total. The van der Waals surface area contributed by atoms with Crippen LogP contribution in [0.3, 0.4) is 0 Å². The molecule has 0 unspecified atom stereocenters. The summed E-state index contributed by atoms with van der Waals surface area (Å²) in [5.74, 6) is 0.617. The van der Waals surface area contributed by atoms with E-state index in [1.807, 2.05) is 24.3 Å². The highest BCUT2D eigenvalue weighted by atomic mass is 32.2. The molecule has 29 heavy (non-hydrogen) atoms. The number of carbonyl (C=O) groups excluding carboxylic acids is 1. The monoisotopic (exact) mass is 412 g/mol. The molecule has 1 aliphatic carbocycles. The summed E-state index contributed by atoms with van der Waals surface area (Å²) < 4.78 is 27.5. The third kappa shape index (κ3) is 4.65. The molecule has 0 saturated heterocycles. The van der Waals surface area contributed by atoms with E-state index in [0.717, 1.165) is 41.7 Å². The van der Waals surface area contributed by atoms with Crippen molar-refractivity contribution in [2.75, 3.05) is 6.54 Å². The number of para-hydroxylation sites is 2. The summed E-state index contributed by atoms with van der Waals surface area (Å²) in [5, 5.41) is 2.88. The lowest BCUT2D eigenvalue weighted by Gasteiger charge is -2.11. The van der Waals surface area contributed by atoms with Crippen LogP contribution in [-0.4, -0.2) is 36.9 Å². The maximum absolute atomic E-state index is 12.6. The molecule has 0 radical (unpaired) electrons. The van der Waals surface area contributed by atoms with Gasteiger partial charge in [0.1, 0.15) is 5.82 Å². The summed E-state index contributed by atoms with van der Waals surface area (Å²) in [6.45, 7) is 2.28. The number of aromatic nitrogens is 2. The topological polar surface area (TPSA) is 104 Å². The third-order valence-corrected chi connectivity index (χ3v) is 6.50. The number of nitrogens with one attached hydrogen (secondary N) is 3. The van der Waals surface area contributed by atoms with Gasteiger partial charge in [0.05, 0.1) is 15.9 Å². The molecule has 3 N–H and O–H groups in total. The van der Waals surface area contributed by atoms with Gasteiger partial charge in [-0.2, -0.15) is 0 Å². The van der Waals surface area contributed by atoms with Gasteiger partial charge in [0.25, 0.3) is 5.91 Å². The van der Waals surface area contributed by atoms with Crippen LogP contribution in [0, 0.1) is 6.92 Å². The largest absolute Gasteiger partial charge is 0.352 e. The van der Waals surface area contributed by atoms with Gasteiger partial charge >= 0.3 is 0 Å². The number of aromatic amines is 1. The number of imidazole rings is 1. The predicted molar refractivity (Wildman–Crippen MR) is 111 cm³/mol. The first-order valence-electron chi connectivity index (χ1n) is 9.77. The van der Waals surface area contributed by atoms with Crippen LogP contribution in [0.15, 0.2) is 47.4 Å². The molecule has 1 aliphatic rings. The number of benzene rings is 2. The Bertz CT molecular complexity index is 1120. The van der Waals surface area contributed by atoms with Crippen molar-refractivity contribution >= 4 is 27.0 Å². The molecule has 3 aromatic rings. The Hall–Kier alpha value is -2.71. The maximum Gasteiger partial charge on any atom is 0.251 e. The van der Waals surface area contributed by atoms with Gasteiger partial charge in [0.15, 0.2) is 0 Å². The molecule has 1 fully saturated rings. The van der Waals surface area contributed by atoms with Crippen molar-refractivity contribution in [3.8, 4) is 0 Å². The Kier molecular flexibility index (Phi) is 5.38. The molecule has 0 spiro atoms. The van der Waals surface area contributed by atoms with Crippen molar-refractivity contribution in [2.24, 2.45) is 0 Å². The number of aryl methyl sites for hydroxylation is 2. The number of sulfonamides is 1. The van der Waals surface area contributed by atoms with Gasteiger partial charge in [0.2, 0.25) is 10.0 Å². The average Bonchev–Trinajstić information content (AvgIpc) is 3.39. The number of nitrogens with zero attached hydrogens (tertiary/aromatic N) is 1. The van der Waals surface area contributed by atoms with Gasteiger partial charge in [-0.15, -0.1) is 0 Å². The van der Waals surface area contributed by atoms with Gasteiger partial charge in [-0.25, -0.2) is 18.1 Å². The molecule has 1 heterocycles. The highest BCUT2D eigenvalue weighted by molar-refractivity contribution is 7.89. The molecule has 0 bridgehead atoms. The second-order valence-corrected chi connectivity index (χ2v) is 9.15. The molecule has 4 rings (SSSR count). The minimum Gasteiger partial charge on any atom is -0.352 e. The number of H-pyrrole nitrogens is 1. The summed E-state index contributed by atoms with van der Waals surface area (Å²) in [6, 6.07) is 12.5. The third-order valence-electron chi connectivity index (χ3n) is 4.98. The number of hydrogen-bond donors (Lipinski definition) is 3. The van der Waals surface area contributed by atoms with E-state index in [1.165, 1.54) is 6.07 Å². The Morgan fingerprint density at radius 1 is 1.21 bits per heavy atom. The molecule has 1 aromatic heterocycles. The van der Waals surface area contributed by atoms with E-state index in [-0.39, 0.29) is 16.8 Å². The van der Waals surface area contributed by atoms with Crippen molar-refractivity contribution in [3.63, 3.8) is 0 Å². The standard InChI is InChI=1S/C21H24N4O3S/c1-14-8-11-16(29(27,28)25-15-9-10-15)13-17(14)21(26)22-12-4-7-20-23-18-5-2-3-6-19(18)24-20/h2-3,5-6,8,11,13,15,25H,4,7,9-10,12H2,1H3,(H,22,26)(H,23,24). The van der Waals surface area contributed by atoms with Crippen LogP contribution in [0.5, 0.6) is 0 Å². The Morgan fingerprint density at radius 2 is 2.00 bits per heavy atom. The molecule has 2 aromatic carbocycles. The van der Waals surface area contributed by atoms with Crippen molar-refractivity contribution in [1.82, 2.24) is 20.0 Å². The quantitative estimate of drug-likeness (QED) is 0.495. The molecule has 8 heteroatoms. The number of carbonyl (C=O) groups is 1. The van der Waals surface area contributed by atoms with E-state index in [4.69, 9.17) is 0 Å². The normalized spacial score (nSPS) is 14.2. The summed E-state index contributed by atoms with van der Waals surface area (Å²) in [6.07, 6.45) is 3.17. The Labute approximate surface area is 170 Å². The summed E-state index contributed by atoms with van der Waals surface area (Å²) in [4.78, 5) is 20.5. The minimum atomic E-state index is -3.59. The van der Waals surface area contributed by atoms with Crippen LogP contribution in [0.25, 0.3) is 11.0 Å². The van der Waals surface area contributed by atoms with Crippen LogP contribution < -0.4 is 10.0 Å². The van der Waals surface area contributed by atoms with Gasteiger partial charge in [-0.3, -0.25) is 4.79 Å². The second kappa shape index (κ2) is 7.96. The molecule has 0 aliphatic heterocycles. The van der Waals surface area contributed by atoms with Crippen LogP contribution >= 0.6 is 0 Å². The van der Waals surface area contributed by atoms with Crippen molar-refractivity contribution in [2.45, 2.75) is 43.5 Å². The lowest BCUT2D eigenvalue weighted by molar-refractivity contribution is 0.0952. The van der Waals surface area contributed by atoms with E-state index in [9.17, 15) is 13.2 Å². The van der Waals surface area contributed by atoms with Gasteiger partial charge in [0, 0.05) is 24.6 Å². The molecule has 0 atom stereocenters. The highest BCUT2D eigenvalue weighted by Crippen LogP contribution is 2.23. The predicted octanol–water partition coefficient (Wildman–Crippen LogP) is 2.67.